The molecule has 1 heterocycles. The number of fused-ring (bicyclic) bond motifs is 1. The smallest absolute Gasteiger partial charge is 0.441 e. The van der Waals surface area contributed by atoms with Crippen molar-refractivity contribution in [1.29, 1.82) is 0 Å². The molecule has 1 atom stereocenters. The number of halogens is 4. The van der Waals surface area contributed by atoms with Gasteiger partial charge < -0.3 is 21.1 Å². The summed E-state index contributed by atoms with van der Waals surface area (Å²) in [5.41, 5.74) is 2.03. The molecule has 0 spiro atoms. The summed E-state index contributed by atoms with van der Waals surface area (Å²) in [7, 11) is 0. The zero-order valence-corrected chi connectivity index (χ0v) is 19.0. The van der Waals surface area contributed by atoms with Crippen LogP contribution in [-0.2, 0) is 22.4 Å². The fourth-order valence-corrected chi connectivity index (χ4v) is 5.13. The second-order valence-electron chi connectivity index (χ2n) is 7.34. The van der Waals surface area contributed by atoms with Crippen LogP contribution in [0.15, 0.2) is 24.3 Å². The van der Waals surface area contributed by atoms with Crippen molar-refractivity contribution in [2.45, 2.75) is 44.4 Å². The number of aryl methyl sites for hydroxylation is 1. The minimum Gasteiger partial charge on any atom is -0.463 e. The van der Waals surface area contributed by atoms with E-state index >= 15 is 0 Å². The number of benzene rings is 1. The Balaban J connectivity index is 2.13. The number of nitrogens with one attached hydrogen (secondary N) is 2. The van der Waals surface area contributed by atoms with Gasteiger partial charge in [-0.25, -0.2) is 4.79 Å². The lowest BCUT2D eigenvalue weighted by molar-refractivity contribution is -0.204. The zero-order chi connectivity index (χ0) is 24.4. The summed E-state index contributed by atoms with van der Waals surface area (Å²) >= 11 is 6.75. The Morgan fingerprint density at radius 3 is 2.52 bits per heavy atom. The number of hydrogen-bond acceptors (Lipinski definition) is 6. The van der Waals surface area contributed by atoms with Crippen LogP contribution in [0.3, 0.4) is 0 Å². The Labute approximate surface area is 196 Å². The van der Waals surface area contributed by atoms with E-state index in [0.717, 1.165) is 30.2 Å². The number of ether oxygens (including phenoxy) is 1. The molecule has 1 aromatic heterocycles. The lowest BCUT2D eigenvalue weighted by Crippen LogP contribution is -2.69. The number of carbonyl (C=O) groups excluding carboxylic acids is 3. The molecular weight excluding hydrogens is 483 g/mol. The van der Waals surface area contributed by atoms with Gasteiger partial charge in [0, 0.05) is 15.5 Å². The molecule has 1 aliphatic rings. The van der Waals surface area contributed by atoms with Gasteiger partial charge in [-0.2, -0.15) is 13.2 Å². The van der Waals surface area contributed by atoms with Gasteiger partial charge in [-0.05, 0) is 56.4 Å². The highest BCUT2D eigenvalue weighted by Gasteiger charge is 2.64. The molecule has 33 heavy (non-hydrogen) atoms. The van der Waals surface area contributed by atoms with Crippen LogP contribution < -0.4 is 16.4 Å². The third kappa shape index (κ3) is 4.93. The van der Waals surface area contributed by atoms with Crippen LogP contribution in [0.1, 0.15) is 50.9 Å². The van der Waals surface area contributed by atoms with E-state index in [1.54, 1.807) is 5.32 Å². The molecule has 0 saturated heterocycles. The first-order chi connectivity index (χ1) is 15.5. The molecule has 1 aliphatic carbocycles. The van der Waals surface area contributed by atoms with Crippen molar-refractivity contribution in [2.24, 2.45) is 5.73 Å². The summed E-state index contributed by atoms with van der Waals surface area (Å²) in [6.07, 6.45) is -2.77. The van der Waals surface area contributed by atoms with Crippen molar-refractivity contribution in [1.82, 2.24) is 5.32 Å². The summed E-state index contributed by atoms with van der Waals surface area (Å²) in [5.74, 6) is -3.94. The van der Waals surface area contributed by atoms with Gasteiger partial charge in [-0.15, -0.1) is 11.3 Å². The van der Waals surface area contributed by atoms with E-state index in [4.69, 9.17) is 22.1 Å². The molecular formula is C21H21ClF3N3O4S. The van der Waals surface area contributed by atoms with Crippen LogP contribution in [-0.4, -0.2) is 36.2 Å². The fourth-order valence-electron chi connectivity index (χ4n) is 3.59. The highest BCUT2D eigenvalue weighted by molar-refractivity contribution is 7.16. The molecule has 0 aliphatic heterocycles. The predicted octanol–water partition coefficient (Wildman–Crippen LogP) is 4.04. The number of hydrogen-bond donors (Lipinski definition) is 3. The first-order valence-corrected chi connectivity index (χ1v) is 11.2. The predicted molar refractivity (Wildman–Crippen MR) is 117 cm³/mol. The Morgan fingerprint density at radius 2 is 1.91 bits per heavy atom. The molecule has 1 aromatic carbocycles. The van der Waals surface area contributed by atoms with Crippen molar-refractivity contribution < 1.29 is 32.3 Å². The third-order valence-electron chi connectivity index (χ3n) is 5.11. The SMILES string of the molecule is CCOC(=O)C(NC(=O)c1cccc(Cl)c1)(Nc1sc2c(c1C(N)=O)CCCC2)C(F)(F)F. The molecule has 2 amide bonds. The average Bonchev–Trinajstić information content (AvgIpc) is 3.10. The van der Waals surface area contributed by atoms with Crippen LogP contribution in [0.25, 0.3) is 0 Å². The standard InChI is InChI=1S/C21H21ClF3N3O4S/c1-2-32-19(31)20(21(23,24)25,27-17(30)11-6-5-7-12(22)10-11)28-18-15(16(26)29)13-8-3-4-9-14(13)33-18/h5-7,10,28H,2-4,8-9H2,1H3,(H2,26,29)(H,27,30). The van der Waals surface area contributed by atoms with Gasteiger partial charge >= 0.3 is 17.8 Å². The lowest BCUT2D eigenvalue weighted by Gasteiger charge is -2.35. The van der Waals surface area contributed by atoms with Crippen LogP contribution in [0.5, 0.6) is 0 Å². The summed E-state index contributed by atoms with van der Waals surface area (Å²) in [6.45, 7) is 0.950. The number of amides is 2. The topological polar surface area (TPSA) is 111 Å². The van der Waals surface area contributed by atoms with Gasteiger partial charge in [0.15, 0.2) is 0 Å². The number of esters is 1. The summed E-state index contributed by atoms with van der Waals surface area (Å²) in [4.78, 5) is 38.3. The molecule has 7 nitrogen and oxygen atoms in total. The van der Waals surface area contributed by atoms with Crippen LogP contribution in [0, 0.1) is 0 Å². The van der Waals surface area contributed by atoms with Crippen LogP contribution in [0.2, 0.25) is 5.02 Å². The highest BCUT2D eigenvalue weighted by atomic mass is 35.5. The monoisotopic (exact) mass is 503 g/mol. The average molecular weight is 504 g/mol. The van der Waals surface area contributed by atoms with E-state index in [0.29, 0.717) is 23.3 Å². The Kier molecular flexibility index (Phi) is 7.23. The number of thiophene rings is 1. The molecule has 178 valence electrons. The molecule has 2 aromatic rings. The van der Waals surface area contributed by atoms with E-state index in [1.165, 1.54) is 25.1 Å². The molecule has 0 bridgehead atoms. The van der Waals surface area contributed by atoms with E-state index < -0.39 is 29.6 Å². The highest BCUT2D eigenvalue weighted by Crippen LogP contribution is 2.42. The number of alkyl halides is 3. The summed E-state index contributed by atoms with van der Waals surface area (Å²) < 4.78 is 48.2. The van der Waals surface area contributed by atoms with E-state index in [9.17, 15) is 27.6 Å². The van der Waals surface area contributed by atoms with Crippen molar-refractivity contribution in [3.8, 4) is 0 Å². The number of rotatable bonds is 7. The molecule has 0 saturated carbocycles. The number of nitrogens with two attached hydrogens (primary N) is 1. The molecule has 0 radical (unpaired) electrons. The largest absolute Gasteiger partial charge is 0.463 e. The van der Waals surface area contributed by atoms with Crippen molar-refractivity contribution in [3.63, 3.8) is 0 Å². The van der Waals surface area contributed by atoms with Crippen LogP contribution in [0.4, 0.5) is 18.2 Å². The Hall–Kier alpha value is -2.79. The van der Waals surface area contributed by atoms with Crippen LogP contribution >= 0.6 is 22.9 Å². The van der Waals surface area contributed by atoms with Gasteiger partial charge in [0.25, 0.3) is 11.8 Å². The number of anilines is 1. The second-order valence-corrected chi connectivity index (χ2v) is 8.88. The van der Waals surface area contributed by atoms with Gasteiger partial charge in [0.2, 0.25) is 0 Å². The molecule has 4 N–H and O–H groups in total. The van der Waals surface area contributed by atoms with E-state index in [1.807, 2.05) is 0 Å². The maximum atomic E-state index is 14.5. The van der Waals surface area contributed by atoms with Gasteiger partial charge in [-0.3, -0.25) is 9.59 Å². The minimum absolute atomic E-state index is 0.117. The first-order valence-electron chi connectivity index (χ1n) is 10.0. The molecule has 1 unspecified atom stereocenters. The normalized spacial score (nSPS) is 15.2. The Morgan fingerprint density at radius 1 is 1.21 bits per heavy atom. The molecule has 3 rings (SSSR count). The molecule has 12 heteroatoms. The maximum Gasteiger partial charge on any atom is 0.441 e. The van der Waals surface area contributed by atoms with Gasteiger partial charge in [0.05, 0.1) is 12.2 Å². The number of carbonyl (C=O) groups is 3. The minimum atomic E-state index is -5.35. The lowest BCUT2D eigenvalue weighted by atomic mass is 9.95. The van der Waals surface area contributed by atoms with Crippen molar-refractivity contribution in [3.05, 3.63) is 50.9 Å². The second kappa shape index (κ2) is 9.60. The van der Waals surface area contributed by atoms with E-state index in [2.05, 4.69) is 5.32 Å². The van der Waals surface area contributed by atoms with Crippen molar-refractivity contribution in [2.75, 3.05) is 11.9 Å². The van der Waals surface area contributed by atoms with Gasteiger partial charge in [0.1, 0.15) is 5.00 Å². The quantitative estimate of drug-likeness (QED) is 0.390. The number of primary amides is 1. The van der Waals surface area contributed by atoms with E-state index in [-0.39, 0.29) is 27.8 Å². The Bertz CT molecular complexity index is 1090. The fraction of sp³-hybridized carbons (Fsp3) is 0.381. The van der Waals surface area contributed by atoms with Crippen molar-refractivity contribution >= 4 is 45.7 Å². The summed E-state index contributed by atoms with van der Waals surface area (Å²) in [5, 5.41) is 3.69. The molecule has 0 fully saturated rings. The maximum absolute atomic E-state index is 14.5. The first kappa shape index (κ1) is 24.8. The summed E-state index contributed by atoms with van der Waals surface area (Å²) in [6, 6.07) is 5.21. The zero-order valence-electron chi connectivity index (χ0n) is 17.5. The van der Waals surface area contributed by atoms with Gasteiger partial charge in [-0.1, -0.05) is 17.7 Å². The third-order valence-corrected chi connectivity index (χ3v) is 6.56.